The molecule has 2 aromatic carbocycles. The van der Waals surface area contributed by atoms with Gasteiger partial charge in [0.2, 0.25) is 0 Å². The third kappa shape index (κ3) is 2.14. The van der Waals surface area contributed by atoms with Crippen molar-refractivity contribution in [3.05, 3.63) is 52.4 Å². The maximum atomic E-state index is 12.0. The molecule has 0 bridgehead atoms. The van der Waals surface area contributed by atoms with E-state index in [1.165, 1.54) is 0 Å². The fourth-order valence-electron chi connectivity index (χ4n) is 2.26. The van der Waals surface area contributed by atoms with Gasteiger partial charge in [-0.25, -0.2) is 4.98 Å². The predicted octanol–water partition coefficient (Wildman–Crippen LogP) is 2.09. The van der Waals surface area contributed by atoms with Gasteiger partial charge in [0.05, 0.1) is 17.5 Å². The normalized spacial score (nSPS) is 11.0. The number of rotatable bonds is 3. The zero-order valence-electron chi connectivity index (χ0n) is 10.6. The first-order chi connectivity index (χ1) is 9.65. The zero-order chi connectivity index (χ0) is 14.1. The summed E-state index contributed by atoms with van der Waals surface area (Å²) in [6.45, 7) is 0. The molecule has 0 unspecified atom stereocenters. The van der Waals surface area contributed by atoms with Crippen LogP contribution in [0.1, 0.15) is 12.1 Å². The maximum absolute atomic E-state index is 12.0. The van der Waals surface area contributed by atoms with Gasteiger partial charge in [-0.3, -0.25) is 9.59 Å². The Kier molecular flexibility index (Phi) is 2.95. The molecule has 0 aliphatic heterocycles. The van der Waals surface area contributed by atoms with Gasteiger partial charge < -0.3 is 10.1 Å². The Bertz CT molecular complexity index is 868. The van der Waals surface area contributed by atoms with Crippen LogP contribution in [0.3, 0.4) is 0 Å². The van der Waals surface area contributed by atoms with E-state index in [4.69, 9.17) is 5.11 Å². The first-order valence-electron chi connectivity index (χ1n) is 6.27. The molecule has 5 nitrogen and oxygen atoms in total. The molecule has 0 aliphatic rings. The summed E-state index contributed by atoms with van der Waals surface area (Å²) < 4.78 is 0. The van der Waals surface area contributed by atoms with Crippen LogP contribution in [0.5, 0.6) is 0 Å². The highest BCUT2D eigenvalue weighted by molar-refractivity contribution is 6.03. The Hall–Kier alpha value is -2.69. The van der Waals surface area contributed by atoms with Gasteiger partial charge >= 0.3 is 5.97 Å². The smallest absolute Gasteiger partial charge is 0.303 e. The van der Waals surface area contributed by atoms with Crippen molar-refractivity contribution >= 4 is 27.8 Å². The molecular weight excluding hydrogens is 256 g/mol. The fourth-order valence-corrected chi connectivity index (χ4v) is 2.26. The van der Waals surface area contributed by atoms with Crippen molar-refractivity contribution < 1.29 is 9.90 Å². The highest BCUT2D eigenvalue weighted by Gasteiger charge is 2.09. The standard InChI is InChI=1S/C15H12N2O3/c18-13(19)8-7-12-15(20)17-14-10-4-2-1-3-9(10)5-6-11(14)16-12/h1-6H,7-8H2,(H,17,20)(H,18,19). The van der Waals surface area contributed by atoms with Crippen LogP contribution in [0.15, 0.2) is 41.2 Å². The average Bonchev–Trinajstić information content (AvgIpc) is 2.45. The summed E-state index contributed by atoms with van der Waals surface area (Å²) in [4.78, 5) is 29.7. The van der Waals surface area contributed by atoms with E-state index in [9.17, 15) is 9.59 Å². The number of carboxylic acids is 1. The molecule has 100 valence electrons. The summed E-state index contributed by atoms with van der Waals surface area (Å²) in [6.07, 6.45) is 0.0304. The van der Waals surface area contributed by atoms with E-state index in [-0.39, 0.29) is 24.1 Å². The van der Waals surface area contributed by atoms with Crippen molar-refractivity contribution in [3.63, 3.8) is 0 Å². The number of aliphatic carboxylic acids is 1. The van der Waals surface area contributed by atoms with Crippen LogP contribution in [0.4, 0.5) is 0 Å². The number of hydrogen-bond donors (Lipinski definition) is 2. The zero-order valence-corrected chi connectivity index (χ0v) is 10.6. The number of nitrogens with zero attached hydrogens (tertiary/aromatic N) is 1. The molecule has 0 amide bonds. The lowest BCUT2D eigenvalue weighted by Crippen LogP contribution is -2.16. The molecule has 20 heavy (non-hydrogen) atoms. The monoisotopic (exact) mass is 268 g/mol. The highest BCUT2D eigenvalue weighted by atomic mass is 16.4. The molecule has 0 fully saturated rings. The number of benzene rings is 2. The van der Waals surface area contributed by atoms with E-state index in [1.807, 2.05) is 36.4 Å². The lowest BCUT2D eigenvalue weighted by atomic mass is 10.1. The molecule has 3 rings (SSSR count). The molecule has 2 N–H and O–H groups in total. The number of fused-ring (bicyclic) bond motifs is 3. The molecule has 0 saturated carbocycles. The Morgan fingerprint density at radius 2 is 2.00 bits per heavy atom. The number of carboxylic acid groups (broad SMARTS) is 1. The largest absolute Gasteiger partial charge is 0.481 e. The van der Waals surface area contributed by atoms with Crippen LogP contribution in [-0.2, 0) is 11.2 Å². The first-order valence-corrected chi connectivity index (χ1v) is 6.27. The first kappa shape index (κ1) is 12.3. The van der Waals surface area contributed by atoms with Gasteiger partial charge in [0.1, 0.15) is 5.69 Å². The van der Waals surface area contributed by atoms with Gasteiger partial charge in [-0.1, -0.05) is 30.3 Å². The van der Waals surface area contributed by atoms with Crippen LogP contribution in [0, 0.1) is 0 Å². The SMILES string of the molecule is O=C(O)CCc1nc2ccc3ccccc3c2[nH]c1=O. The van der Waals surface area contributed by atoms with E-state index in [0.717, 1.165) is 10.8 Å². The number of aryl methyl sites for hydroxylation is 1. The summed E-state index contributed by atoms with van der Waals surface area (Å²) >= 11 is 0. The number of aromatic amines is 1. The number of hydrogen-bond acceptors (Lipinski definition) is 3. The Balaban J connectivity index is 2.19. The van der Waals surface area contributed by atoms with Gasteiger partial charge in [0.15, 0.2) is 0 Å². The second-order valence-electron chi connectivity index (χ2n) is 4.59. The molecular formula is C15H12N2O3. The Morgan fingerprint density at radius 1 is 1.20 bits per heavy atom. The van der Waals surface area contributed by atoms with E-state index in [0.29, 0.717) is 11.0 Å². The minimum absolute atomic E-state index is 0.102. The van der Waals surface area contributed by atoms with Gasteiger partial charge in [-0.2, -0.15) is 0 Å². The van der Waals surface area contributed by atoms with E-state index in [1.54, 1.807) is 0 Å². The summed E-state index contributed by atoms with van der Waals surface area (Å²) in [5, 5.41) is 10.6. The van der Waals surface area contributed by atoms with Crippen molar-refractivity contribution in [2.75, 3.05) is 0 Å². The fraction of sp³-hybridized carbons (Fsp3) is 0.133. The van der Waals surface area contributed by atoms with E-state index >= 15 is 0 Å². The van der Waals surface area contributed by atoms with Crippen LogP contribution in [0.25, 0.3) is 21.8 Å². The second-order valence-corrected chi connectivity index (χ2v) is 4.59. The van der Waals surface area contributed by atoms with Gasteiger partial charge in [0, 0.05) is 11.8 Å². The van der Waals surface area contributed by atoms with Crippen molar-refractivity contribution in [2.24, 2.45) is 0 Å². The summed E-state index contributed by atoms with van der Waals surface area (Å²) in [5.74, 6) is -0.940. The highest BCUT2D eigenvalue weighted by Crippen LogP contribution is 2.21. The predicted molar refractivity (Wildman–Crippen MR) is 75.8 cm³/mol. The van der Waals surface area contributed by atoms with Gasteiger partial charge in [-0.15, -0.1) is 0 Å². The summed E-state index contributed by atoms with van der Waals surface area (Å²) in [6, 6.07) is 11.5. The summed E-state index contributed by atoms with van der Waals surface area (Å²) in [5.41, 5.74) is 1.29. The topological polar surface area (TPSA) is 83.0 Å². The average molecular weight is 268 g/mol. The quantitative estimate of drug-likeness (QED) is 0.712. The van der Waals surface area contributed by atoms with Crippen LogP contribution in [-0.4, -0.2) is 21.0 Å². The molecule has 5 heteroatoms. The van der Waals surface area contributed by atoms with Crippen LogP contribution in [0.2, 0.25) is 0 Å². The van der Waals surface area contributed by atoms with Crippen molar-refractivity contribution in [1.82, 2.24) is 9.97 Å². The molecule has 0 aliphatic carbocycles. The Morgan fingerprint density at radius 3 is 2.80 bits per heavy atom. The molecule has 0 saturated heterocycles. The van der Waals surface area contributed by atoms with Crippen molar-refractivity contribution in [1.29, 1.82) is 0 Å². The van der Waals surface area contributed by atoms with Crippen LogP contribution < -0.4 is 5.56 Å². The number of nitrogens with one attached hydrogen (secondary N) is 1. The van der Waals surface area contributed by atoms with E-state index in [2.05, 4.69) is 9.97 Å². The lowest BCUT2D eigenvalue weighted by molar-refractivity contribution is -0.136. The molecule has 3 aromatic rings. The minimum Gasteiger partial charge on any atom is -0.481 e. The molecule has 1 heterocycles. The molecule has 0 radical (unpaired) electrons. The minimum atomic E-state index is -0.940. The Labute approximate surface area is 113 Å². The lowest BCUT2D eigenvalue weighted by Gasteiger charge is -2.05. The van der Waals surface area contributed by atoms with Gasteiger partial charge in [0.25, 0.3) is 5.56 Å². The molecule has 0 atom stereocenters. The van der Waals surface area contributed by atoms with Crippen molar-refractivity contribution in [3.8, 4) is 0 Å². The maximum Gasteiger partial charge on any atom is 0.303 e. The third-order valence-corrected chi connectivity index (χ3v) is 3.24. The van der Waals surface area contributed by atoms with E-state index < -0.39 is 5.97 Å². The third-order valence-electron chi connectivity index (χ3n) is 3.24. The van der Waals surface area contributed by atoms with Crippen LogP contribution >= 0.6 is 0 Å². The molecule has 1 aromatic heterocycles. The number of aromatic nitrogens is 2. The second kappa shape index (κ2) is 4.77. The molecule has 0 spiro atoms. The number of carbonyl (C=O) groups is 1. The van der Waals surface area contributed by atoms with Crippen molar-refractivity contribution in [2.45, 2.75) is 12.8 Å². The number of H-pyrrole nitrogens is 1. The summed E-state index contributed by atoms with van der Waals surface area (Å²) in [7, 11) is 0. The van der Waals surface area contributed by atoms with Gasteiger partial charge in [-0.05, 0) is 11.5 Å².